The number of hydrogen-bond acceptors (Lipinski definition) is 7. The molecule has 1 fully saturated rings. The van der Waals surface area contributed by atoms with Gasteiger partial charge in [0.15, 0.2) is 5.03 Å². The largest absolute Gasteiger partial charge is 0.366 e. The standard InChI is InChI=1S/C25H29N5O3S/c1-18-14-16-30(25(18,2)3)23-20(11-8-15-26-23)24(31)29-34(32,33)22-13-7-12-21(28-22)27-17-19-9-5-4-6-10-19/h4-13,15,18H,14,16-17H2,1-3H3,(H,27,28)(H,29,31). The summed E-state index contributed by atoms with van der Waals surface area (Å²) in [6.07, 6.45) is 2.58. The number of anilines is 2. The van der Waals surface area contributed by atoms with Crippen LogP contribution in [0.25, 0.3) is 0 Å². The van der Waals surface area contributed by atoms with E-state index < -0.39 is 15.9 Å². The van der Waals surface area contributed by atoms with Crippen LogP contribution in [0.3, 0.4) is 0 Å². The van der Waals surface area contributed by atoms with E-state index in [9.17, 15) is 13.2 Å². The van der Waals surface area contributed by atoms with Crippen molar-refractivity contribution < 1.29 is 13.2 Å². The lowest BCUT2D eigenvalue weighted by molar-refractivity contribution is 0.0981. The van der Waals surface area contributed by atoms with E-state index in [0.717, 1.165) is 18.5 Å². The number of hydrogen-bond donors (Lipinski definition) is 2. The molecule has 0 saturated carbocycles. The van der Waals surface area contributed by atoms with Gasteiger partial charge in [-0.25, -0.2) is 14.7 Å². The van der Waals surface area contributed by atoms with Gasteiger partial charge in [-0.05, 0) is 56.0 Å². The quantitative estimate of drug-likeness (QED) is 0.531. The third-order valence-electron chi connectivity index (χ3n) is 6.52. The molecule has 178 valence electrons. The summed E-state index contributed by atoms with van der Waals surface area (Å²) in [5, 5.41) is 2.88. The molecule has 1 atom stereocenters. The van der Waals surface area contributed by atoms with Crippen LogP contribution in [0, 0.1) is 5.92 Å². The van der Waals surface area contributed by atoms with E-state index >= 15 is 0 Å². The van der Waals surface area contributed by atoms with Crippen molar-refractivity contribution in [1.82, 2.24) is 14.7 Å². The number of rotatable bonds is 7. The molecule has 34 heavy (non-hydrogen) atoms. The Morgan fingerprint density at radius 3 is 2.56 bits per heavy atom. The summed E-state index contributed by atoms with van der Waals surface area (Å²) in [4.78, 5) is 23.8. The fourth-order valence-electron chi connectivity index (χ4n) is 4.08. The van der Waals surface area contributed by atoms with Crippen LogP contribution in [-0.4, -0.2) is 36.4 Å². The van der Waals surface area contributed by atoms with Crippen LogP contribution in [0.2, 0.25) is 0 Å². The van der Waals surface area contributed by atoms with Gasteiger partial charge in [0.2, 0.25) is 0 Å². The molecule has 8 nitrogen and oxygen atoms in total. The van der Waals surface area contributed by atoms with Gasteiger partial charge in [-0.15, -0.1) is 0 Å². The molecule has 3 heterocycles. The number of sulfonamides is 1. The average molecular weight is 480 g/mol. The molecule has 1 aliphatic rings. The molecule has 1 amide bonds. The summed E-state index contributed by atoms with van der Waals surface area (Å²) in [7, 11) is -4.19. The number of nitrogens with zero attached hydrogens (tertiary/aromatic N) is 3. The smallest absolute Gasteiger partial charge is 0.281 e. The molecular formula is C25H29N5O3S. The maximum atomic E-state index is 13.1. The Bertz CT molecular complexity index is 1280. The molecule has 0 spiro atoms. The van der Waals surface area contributed by atoms with Crippen molar-refractivity contribution in [1.29, 1.82) is 0 Å². The van der Waals surface area contributed by atoms with Crippen LogP contribution >= 0.6 is 0 Å². The number of amides is 1. The fraction of sp³-hybridized carbons (Fsp3) is 0.320. The zero-order valence-corrected chi connectivity index (χ0v) is 20.3. The van der Waals surface area contributed by atoms with E-state index in [1.54, 1.807) is 30.5 Å². The summed E-state index contributed by atoms with van der Waals surface area (Å²) in [6.45, 7) is 7.62. The van der Waals surface area contributed by atoms with E-state index in [4.69, 9.17) is 0 Å². The lowest BCUT2D eigenvalue weighted by Crippen LogP contribution is -2.43. The first-order valence-corrected chi connectivity index (χ1v) is 12.7. The van der Waals surface area contributed by atoms with Crippen molar-refractivity contribution in [2.24, 2.45) is 5.92 Å². The van der Waals surface area contributed by atoms with Gasteiger partial charge in [0, 0.05) is 24.8 Å². The first-order valence-electron chi connectivity index (χ1n) is 11.2. The molecule has 1 saturated heterocycles. The molecule has 9 heteroatoms. The highest BCUT2D eigenvalue weighted by molar-refractivity contribution is 7.90. The van der Waals surface area contributed by atoms with Crippen LogP contribution < -0.4 is 14.9 Å². The average Bonchev–Trinajstić information content (AvgIpc) is 3.10. The Kier molecular flexibility index (Phi) is 6.56. The molecule has 2 N–H and O–H groups in total. The number of nitrogens with one attached hydrogen (secondary N) is 2. The van der Waals surface area contributed by atoms with Crippen molar-refractivity contribution in [2.45, 2.75) is 44.3 Å². The second-order valence-corrected chi connectivity index (χ2v) is 10.6. The second-order valence-electron chi connectivity index (χ2n) is 9.00. The van der Waals surface area contributed by atoms with Gasteiger partial charge in [-0.3, -0.25) is 4.79 Å². The normalized spacial score (nSPS) is 17.4. The maximum absolute atomic E-state index is 13.1. The number of carbonyl (C=O) groups is 1. The first kappa shape index (κ1) is 23.7. The third-order valence-corrected chi connectivity index (χ3v) is 7.75. The topological polar surface area (TPSA) is 104 Å². The van der Waals surface area contributed by atoms with Crippen LogP contribution in [0.5, 0.6) is 0 Å². The Morgan fingerprint density at radius 1 is 1.09 bits per heavy atom. The molecule has 4 rings (SSSR count). The van der Waals surface area contributed by atoms with E-state index in [2.05, 4.69) is 45.7 Å². The van der Waals surface area contributed by atoms with E-state index in [1.165, 1.54) is 6.07 Å². The minimum atomic E-state index is -4.19. The van der Waals surface area contributed by atoms with Crippen molar-refractivity contribution in [3.05, 3.63) is 78.0 Å². The molecule has 1 aliphatic heterocycles. The SMILES string of the molecule is CC1CCN(c2ncccc2C(=O)NS(=O)(=O)c2cccc(NCc3ccccc3)n2)C1(C)C. The van der Waals surface area contributed by atoms with Crippen molar-refractivity contribution in [3.63, 3.8) is 0 Å². The number of aromatic nitrogens is 2. The molecule has 0 aliphatic carbocycles. The van der Waals surface area contributed by atoms with Gasteiger partial charge in [-0.2, -0.15) is 8.42 Å². The Morgan fingerprint density at radius 2 is 1.85 bits per heavy atom. The number of pyridine rings is 2. The lowest BCUT2D eigenvalue weighted by Gasteiger charge is -2.36. The lowest BCUT2D eigenvalue weighted by atomic mass is 9.90. The first-order chi connectivity index (χ1) is 16.2. The van der Waals surface area contributed by atoms with Gasteiger partial charge >= 0.3 is 0 Å². The van der Waals surface area contributed by atoms with Crippen molar-refractivity contribution >= 4 is 27.6 Å². The minimum absolute atomic E-state index is 0.206. The Balaban J connectivity index is 1.53. The van der Waals surface area contributed by atoms with Gasteiger partial charge in [0.1, 0.15) is 11.6 Å². The summed E-state index contributed by atoms with van der Waals surface area (Å²) in [6, 6.07) is 17.6. The van der Waals surface area contributed by atoms with Gasteiger partial charge in [0.25, 0.3) is 15.9 Å². The zero-order chi connectivity index (χ0) is 24.3. The summed E-state index contributed by atoms with van der Waals surface area (Å²) < 4.78 is 28.2. The van der Waals surface area contributed by atoms with E-state index in [-0.39, 0.29) is 16.1 Å². The maximum Gasteiger partial charge on any atom is 0.281 e. The molecule has 0 bridgehead atoms. The third kappa shape index (κ3) is 4.89. The highest BCUT2D eigenvalue weighted by Gasteiger charge is 2.40. The molecular weight excluding hydrogens is 450 g/mol. The molecule has 2 aromatic heterocycles. The monoisotopic (exact) mass is 479 g/mol. The predicted molar refractivity (Wildman–Crippen MR) is 132 cm³/mol. The van der Waals surface area contributed by atoms with Crippen LogP contribution in [0.15, 0.2) is 71.9 Å². The van der Waals surface area contributed by atoms with E-state index in [1.807, 2.05) is 30.3 Å². The van der Waals surface area contributed by atoms with Crippen LogP contribution in [0.4, 0.5) is 11.6 Å². The highest BCUT2D eigenvalue weighted by atomic mass is 32.2. The summed E-state index contributed by atoms with van der Waals surface area (Å²) >= 11 is 0. The zero-order valence-electron chi connectivity index (χ0n) is 19.5. The summed E-state index contributed by atoms with van der Waals surface area (Å²) in [5.41, 5.74) is 1.04. The number of benzene rings is 1. The molecule has 0 radical (unpaired) electrons. The minimum Gasteiger partial charge on any atom is -0.366 e. The fourth-order valence-corrected chi connectivity index (χ4v) is 5.01. The predicted octanol–water partition coefficient (Wildman–Crippen LogP) is 3.83. The summed E-state index contributed by atoms with van der Waals surface area (Å²) in [5.74, 6) is 0.553. The van der Waals surface area contributed by atoms with Gasteiger partial charge < -0.3 is 10.2 Å². The Hall–Kier alpha value is -3.46. The van der Waals surface area contributed by atoms with Crippen LogP contribution in [-0.2, 0) is 16.6 Å². The van der Waals surface area contributed by atoms with Crippen molar-refractivity contribution in [2.75, 3.05) is 16.8 Å². The van der Waals surface area contributed by atoms with Crippen molar-refractivity contribution in [3.8, 4) is 0 Å². The Labute approximate surface area is 200 Å². The molecule has 1 aromatic carbocycles. The number of carbonyl (C=O) groups excluding carboxylic acids is 1. The van der Waals surface area contributed by atoms with E-state index in [0.29, 0.717) is 24.1 Å². The second kappa shape index (κ2) is 9.42. The molecule has 1 unspecified atom stereocenters. The van der Waals surface area contributed by atoms with Gasteiger partial charge in [0.05, 0.1) is 5.56 Å². The highest BCUT2D eigenvalue weighted by Crippen LogP contribution is 2.38. The molecule has 3 aromatic rings. The van der Waals surface area contributed by atoms with Crippen LogP contribution in [0.1, 0.15) is 43.1 Å². The van der Waals surface area contributed by atoms with Gasteiger partial charge in [-0.1, -0.05) is 43.3 Å².